The van der Waals surface area contributed by atoms with Gasteiger partial charge in [0.05, 0.1) is 25.2 Å². The zero-order chi connectivity index (χ0) is 14.4. The van der Waals surface area contributed by atoms with Crippen LogP contribution in [0.2, 0.25) is 0 Å². The molecule has 20 heavy (non-hydrogen) atoms. The van der Waals surface area contributed by atoms with Gasteiger partial charge in [0.1, 0.15) is 0 Å². The number of carbonyl (C=O) groups is 1. The lowest BCUT2D eigenvalue weighted by molar-refractivity contribution is -0.665. The molecule has 0 bridgehead atoms. The Morgan fingerprint density at radius 1 is 1.30 bits per heavy atom. The lowest BCUT2D eigenvalue weighted by atomic mass is 9.86. The minimum atomic E-state index is -0.196. The molecule has 0 saturated carbocycles. The highest BCUT2D eigenvalue weighted by molar-refractivity contribution is 5.94. The average molecular weight is 277 g/mol. The third kappa shape index (κ3) is 3.02. The molecule has 1 saturated heterocycles. The molecule has 0 aromatic heterocycles. The fraction of sp³-hybridized carbons (Fsp3) is 0.562. The first-order valence-corrected chi connectivity index (χ1v) is 7.42. The third-order valence-corrected chi connectivity index (χ3v) is 4.08. The molecule has 1 aromatic carbocycles. The van der Waals surface area contributed by atoms with Crippen LogP contribution in [0, 0.1) is 0 Å². The van der Waals surface area contributed by atoms with Crippen LogP contribution in [0.5, 0.6) is 0 Å². The van der Waals surface area contributed by atoms with Crippen molar-refractivity contribution in [3.63, 3.8) is 0 Å². The SMILES string of the molecule is CCC(=O)N(c1ccccc1)C1(COC)CC[NH2+]CC1. The maximum absolute atomic E-state index is 12.6. The van der Waals surface area contributed by atoms with Gasteiger partial charge in [-0.05, 0) is 12.1 Å². The number of para-hydroxylation sites is 1. The second-order valence-corrected chi connectivity index (χ2v) is 5.44. The van der Waals surface area contributed by atoms with E-state index in [9.17, 15) is 4.79 Å². The maximum atomic E-state index is 12.6. The minimum absolute atomic E-state index is 0.176. The van der Waals surface area contributed by atoms with Crippen molar-refractivity contribution in [3.05, 3.63) is 30.3 Å². The second-order valence-electron chi connectivity index (χ2n) is 5.44. The summed E-state index contributed by atoms with van der Waals surface area (Å²) in [5, 5.41) is 2.31. The normalized spacial score (nSPS) is 17.7. The number of methoxy groups -OCH3 is 1. The molecule has 4 nitrogen and oxygen atoms in total. The van der Waals surface area contributed by atoms with Gasteiger partial charge >= 0.3 is 0 Å². The molecule has 1 aromatic rings. The molecule has 1 fully saturated rings. The van der Waals surface area contributed by atoms with E-state index in [0.717, 1.165) is 31.6 Å². The largest absolute Gasteiger partial charge is 0.382 e. The lowest BCUT2D eigenvalue weighted by Gasteiger charge is -2.45. The highest BCUT2D eigenvalue weighted by Gasteiger charge is 2.42. The van der Waals surface area contributed by atoms with E-state index in [-0.39, 0.29) is 11.4 Å². The van der Waals surface area contributed by atoms with E-state index in [2.05, 4.69) is 5.32 Å². The van der Waals surface area contributed by atoms with Crippen LogP contribution in [-0.2, 0) is 9.53 Å². The molecule has 0 unspecified atom stereocenters. The van der Waals surface area contributed by atoms with Gasteiger partial charge in [-0.2, -0.15) is 0 Å². The summed E-state index contributed by atoms with van der Waals surface area (Å²) >= 11 is 0. The highest BCUT2D eigenvalue weighted by Crippen LogP contribution is 2.31. The number of hydrogen-bond acceptors (Lipinski definition) is 2. The van der Waals surface area contributed by atoms with Gasteiger partial charge in [0.15, 0.2) is 0 Å². The zero-order valence-electron chi connectivity index (χ0n) is 12.5. The molecule has 2 rings (SSSR count). The fourth-order valence-corrected chi connectivity index (χ4v) is 3.13. The molecule has 4 heteroatoms. The highest BCUT2D eigenvalue weighted by atomic mass is 16.5. The van der Waals surface area contributed by atoms with Crippen LogP contribution in [0.25, 0.3) is 0 Å². The van der Waals surface area contributed by atoms with Crippen LogP contribution in [0.1, 0.15) is 26.2 Å². The van der Waals surface area contributed by atoms with Gasteiger partial charge in [-0.1, -0.05) is 25.1 Å². The number of carbonyl (C=O) groups excluding carboxylic acids is 1. The molecule has 0 radical (unpaired) electrons. The lowest BCUT2D eigenvalue weighted by Crippen LogP contribution is -2.89. The smallest absolute Gasteiger partial charge is 0.227 e. The Bertz CT molecular complexity index is 422. The van der Waals surface area contributed by atoms with Crippen molar-refractivity contribution >= 4 is 11.6 Å². The summed E-state index contributed by atoms with van der Waals surface area (Å²) in [5.74, 6) is 0.176. The van der Waals surface area contributed by atoms with Crippen molar-refractivity contribution in [2.45, 2.75) is 31.7 Å². The molecule has 0 aliphatic carbocycles. The molecule has 0 atom stereocenters. The van der Waals surface area contributed by atoms with Crippen LogP contribution in [0.3, 0.4) is 0 Å². The first-order chi connectivity index (χ1) is 9.73. The van der Waals surface area contributed by atoms with Gasteiger partial charge in [-0.15, -0.1) is 0 Å². The Balaban J connectivity index is 2.39. The Hall–Kier alpha value is -1.39. The quantitative estimate of drug-likeness (QED) is 0.878. The standard InChI is InChI=1S/C16H24N2O2/c1-3-15(19)18(14-7-5-4-6-8-14)16(13-20-2)9-11-17-12-10-16/h4-8,17H,3,9-13H2,1-2H3/p+1. The van der Waals surface area contributed by atoms with Gasteiger partial charge in [-0.25, -0.2) is 0 Å². The van der Waals surface area contributed by atoms with E-state index in [4.69, 9.17) is 4.74 Å². The van der Waals surface area contributed by atoms with Crippen molar-refractivity contribution in [1.29, 1.82) is 0 Å². The van der Waals surface area contributed by atoms with Crippen LogP contribution < -0.4 is 10.2 Å². The van der Waals surface area contributed by atoms with Crippen molar-refractivity contribution in [1.82, 2.24) is 0 Å². The number of anilines is 1. The van der Waals surface area contributed by atoms with Crippen LogP contribution in [0.15, 0.2) is 30.3 Å². The van der Waals surface area contributed by atoms with Gasteiger partial charge in [0.2, 0.25) is 5.91 Å². The molecule has 1 amide bonds. The van der Waals surface area contributed by atoms with Crippen LogP contribution in [-0.4, -0.2) is 38.3 Å². The predicted molar refractivity (Wildman–Crippen MR) is 79.7 cm³/mol. The van der Waals surface area contributed by atoms with Crippen LogP contribution >= 0.6 is 0 Å². The van der Waals surface area contributed by atoms with Crippen molar-refractivity contribution in [2.24, 2.45) is 0 Å². The van der Waals surface area contributed by atoms with E-state index < -0.39 is 0 Å². The van der Waals surface area contributed by atoms with E-state index >= 15 is 0 Å². The maximum Gasteiger partial charge on any atom is 0.227 e. The van der Waals surface area contributed by atoms with Crippen molar-refractivity contribution < 1.29 is 14.8 Å². The molecule has 2 N–H and O–H groups in total. The molecule has 0 spiro atoms. The number of nitrogens with two attached hydrogens (primary N) is 1. The first kappa shape index (κ1) is 15.0. The number of hydrogen-bond donors (Lipinski definition) is 1. The van der Waals surface area contributed by atoms with E-state index in [1.54, 1.807) is 7.11 Å². The average Bonchev–Trinajstić information content (AvgIpc) is 2.49. The van der Waals surface area contributed by atoms with E-state index in [1.165, 1.54) is 0 Å². The Morgan fingerprint density at radius 2 is 1.95 bits per heavy atom. The molecule has 1 aliphatic heterocycles. The third-order valence-electron chi connectivity index (χ3n) is 4.08. The van der Waals surface area contributed by atoms with Gasteiger partial charge in [0.25, 0.3) is 0 Å². The predicted octanol–water partition coefficient (Wildman–Crippen LogP) is 1.17. The molecule has 1 heterocycles. The number of amides is 1. The summed E-state index contributed by atoms with van der Waals surface area (Å²) in [6.45, 7) is 4.61. The second kappa shape index (κ2) is 6.86. The van der Waals surface area contributed by atoms with Gasteiger partial charge in [0, 0.05) is 32.1 Å². The van der Waals surface area contributed by atoms with Crippen molar-refractivity contribution in [2.75, 3.05) is 31.7 Å². The summed E-state index contributed by atoms with van der Waals surface area (Å²) in [7, 11) is 1.72. The monoisotopic (exact) mass is 277 g/mol. The molecule has 110 valence electrons. The van der Waals surface area contributed by atoms with E-state index in [1.807, 2.05) is 42.2 Å². The van der Waals surface area contributed by atoms with E-state index in [0.29, 0.717) is 13.0 Å². The Kier molecular flexibility index (Phi) is 5.15. The topological polar surface area (TPSA) is 46.2 Å². The van der Waals surface area contributed by atoms with Crippen molar-refractivity contribution in [3.8, 4) is 0 Å². The Morgan fingerprint density at radius 3 is 2.50 bits per heavy atom. The number of rotatable bonds is 5. The summed E-state index contributed by atoms with van der Waals surface area (Å²) in [5.41, 5.74) is 0.788. The Labute approximate surface area is 121 Å². The number of piperidine rings is 1. The fourth-order valence-electron chi connectivity index (χ4n) is 3.13. The molecular weight excluding hydrogens is 252 g/mol. The minimum Gasteiger partial charge on any atom is -0.382 e. The zero-order valence-corrected chi connectivity index (χ0v) is 12.5. The van der Waals surface area contributed by atoms with Gasteiger partial charge in [-0.3, -0.25) is 4.79 Å². The van der Waals surface area contributed by atoms with Gasteiger partial charge < -0.3 is 15.0 Å². The summed E-state index contributed by atoms with van der Waals surface area (Å²) in [4.78, 5) is 14.5. The molecule has 1 aliphatic rings. The first-order valence-electron chi connectivity index (χ1n) is 7.42. The van der Waals surface area contributed by atoms with Crippen LogP contribution in [0.4, 0.5) is 5.69 Å². The number of ether oxygens (including phenoxy) is 1. The molecular formula is C16H25N2O2+. The summed E-state index contributed by atoms with van der Waals surface area (Å²) in [6, 6.07) is 9.99. The summed E-state index contributed by atoms with van der Waals surface area (Å²) < 4.78 is 5.47. The number of nitrogens with zero attached hydrogens (tertiary/aromatic N) is 1. The summed E-state index contributed by atoms with van der Waals surface area (Å²) in [6.07, 6.45) is 2.47. The number of benzene rings is 1. The number of quaternary nitrogens is 1.